The zero-order chi connectivity index (χ0) is 16.5. The summed E-state index contributed by atoms with van der Waals surface area (Å²) in [4.78, 5) is 37.0. The van der Waals surface area contributed by atoms with Crippen molar-refractivity contribution in [2.24, 2.45) is 5.92 Å². The molecule has 1 saturated heterocycles. The van der Waals surface area contributed by atoms with Crippen molar-refractivity contribution in [2.45, 2.75) is 39.7 Å². The first kappa shape index (κ1) is 18.4. The molecule has 1 rings (SSSR count). The fraction of sp³-hybridized carbons (Fsp3) is 0.800. The van der Waals surface area contributed by atoms with Gasteiger partial charge in [-0.25, -0.2) is 0 Å². The maximum absolute atomic E-state index is 11.9. The number of esters is 1. The Balaban J connectivity index is 2.31. The van der Waals surface area contributed by atoms with Crippen LogP contribution in [0.15, 0.2) is 0 Å². The van der Waals surface area contributed by atoms with Crippen LogP contribution in [0.2, 0.25) is 0 Å². The highest BCUT2D eigenvalue weighted by molar-refractivity contribution is 5.85. The fourth-order valence-electron chi connectivity index (χ4n) is 2.46. The maximum Gasteiger partial charge on any atom is 0.310 e. The third kappa shape index (κ3) is 6.89. The van der Waals surface area contributed by atoms with Gasteiger partial charge < -0.3 is 15.4 Å². The first-order chi connectivity index (χ1) is 10.4. The van der Waals surface area contributed by atoms with Gasteiger partial charge in [-0.05, 0) is 40.2 Å². The van der Waals surface area contributed by atoms with E-state index >= 15 is 0 Å². The Kier molecular flexibility index (Phi) is 7.87. The molecule has 0 bridgehead atoms. The second kappa shape index (κ2) is 9.40. The highest BCUT2D eigenvalue weighted by Crippen LogP contribution is 2.17. The largest absolute Gasteiger partial charge is 0.466 e. The molecule has 22 heavy (non-hydrogen) atoms. The molecule has 2 amide bonds. The number of carbonyl (C=O) groups excluding carboxylic acids is 3. The normalized spacial score (nSPS) is 18.8. The van der Waals surface area contributed by atoms with Crippen LogP contribution in [0, 0.1) is 5.92 Å². The summed E-state index contributed by atoms with van der Waals surface area (Å²) in [6, 6.07) is 0.0526. The Morgan fingerprint density at radius 1 is 1.27 bits per heavy atom. The smallest absolute Gasteiger partial charge is 0.310 e. The monoisotopic (exact) mass is 313 g/mol. The number of hydrogen-bond acceptors (Lipinski definition) is 5. The first-order valence-corrected chi connectivity index (χ1v) is 7.87. The predicted octanol–water partition coefficient (Wildman–Crippen LogP) is -0.0977. The fourth-order valence-corrected chi connectivity index (χ4v) is 2.46. The van der Waals surface area contributed by atoms with Crippen LogP contribution in [0.4, 0.5) is 0 Å². The zero-order valence-electron chi connectivity index (χ0n) is 13.7. The van der Waals surface area contributed by atoms with Gasteiger partial charge in [-0.2, -0.15) is 0 Å². The number of piperidine rings is 1. The van der Waals surface area contributed by atoms with E-state index in [1.165, 1.54) is 0 Å². The molecule has 0 aromatic heterocycles. The summed E-state index contributed by atoms with van der Waals surface area (Å²) in [6.45, 7) is 7.38. The van der Waals surface area contributed by atoms with Crippen molar-refractivity contribution in [2.75, 3.05) is 32.8 Å². The lowest BCUT2D eigenvalue weighted by Crippen LogP contribution is -2.46. The Morgan fingerprint density at radius 3 is 2.64 bits per heavy atom. The van der Waals surface area contributed by atoms with Gasteiger partial charge in [-0.3, -0.25) is 19.3 Å². The third-order valence-electron chi connectivity index (χ3n) is 3.39. The summed E-state index contributed by atoms with van der Waals surface area (Å²) >= 11 is 0. The summed E-state index contributed by atoms with van der Waals surface area (Å²) in [5.41, 5.74) is 0. The average molecular weight is 313 g/mol. The molecule has 1 heterocycles. The van der Waals surface area contributed by atoms with E-state index < -0.39 is 0 Å². The van der Waals surface area contributed by atoms with Crippen LogP contribution in [-0.2, 0) is 19.1 Å². The highest BCUT2D eigenvalue weighted by atomic mass is 16.5. The molecule has 7 heteroatoms. The molecule has 1 aliphatic rings. The van der Waals surface area contributed by atoms with Gasteiger partial charge in [-0.15, -0.1) is 0 Å². The van der Waals surface area contributed by atoms with Crippen LogP contribution < -0.4 is 10.6 Å². The van der Waals surface area contributed by atoms with Crippen molar-refractivity contribution in [1.29, 1.82) is 0 Å². The zero-order valence-corrected chi connectivity index (χ0v) is 13.7. The number of hydrogen-bond donors (Lipinski definition) is 2. The minimum absolute atomic E-state index is 0.0217. The van der Waals surface area contributed by atoms with Crippen molar-refractivity contribution in [3.05, 3.63) is 0 Å². The maximum atomic E-state index is 11.9. The molecule has 0 unspecified atom stereocenters. The summed E-state index contributed by atoms with van der Waals surface area (Å²) in [5.74, 6) is -0.760. The van der Waals surface area contributed by atoms with Gasteiger partial charge in [0.05, 0.1) is 25.6 Å². The SMILES string of the molecule is CCOC(=O)[C@H]1CCCN(CC(=O)NCC(=O)NC(C)C)C1. The predicted molar refractivity (Wildman–Crippen MR) is 82.1 cm³/mol. The summed E-state index contributed by atoms with van der Waals surface area (Å²) in [5, 5.41) is 5.30. The summed E-state index contributed by atoms with van der Waals surface area (Å²) in [7, 11) is 0. The highest BCUT2D eigenvalue weighted by Gasteiger charge is 2.27. The molecule has 0 spiro atoms. The molecule has 0 saturated carbocycles. The second-order valence-corrected chi connectivity index (χ2v) is 5.83. The minimum Gasteiger partial charge on any atom is -0.466 e. The Hall–Kier alpha value is -1.63. The van der Waals surface area contributed by atoms with Crippen LogP contribution >= 0.6 is 0 Å². The Labute approximate surface area is 131 Å². The second-order valence-electron chi connectivity index (χ2n) is 5.83. The number of likely N-dealkylation sites (tertiary alicyclic amines) is 1. The van der Waals surface area contributed by atoms with Crippen molar-refractivity contribution in [1.82, 2.24) is 15.5 Å². The number of amides is 2. The van der Waals surface area contributed by atoms with Crippen molar-refractivity contribution in [3.8, 4) is 0 Å². The van der Waals surface area contributed by atoms with Gasteiger partial charge in [0.1, 0.15) is 0 Å². The van der Waals surface area contributed by atoms with E-state index in [0.717, 1.165) is 19.4 Å². The number of rotatable bonds is 7. The lowest BCUT2D eigenvalue weighted by molar-refractivity contribution is -0.150. The lowest BCUT2D eigenvalue weighted by Gasteiger charge is -2.30. The average Bonchev–Trinajstić information content (AvgIpc) is 2.45. The van der Waals surface area contributed by atoms with Gasteiger partial charge in [0.25, 0.3) is 0 Å². The summed E-state index contributed by atoms with van der Waals surface area (Å²) < 4.78 is 5.03. The van der Waals surface area contributed by atoms with Gasteiger partial charge >= 0.3 is 5.97 Å². The van der Waals surface area contributed by atoms with E-state index in [1.807, 2.05) is 18.7 Å². The number of carbonyl (C=O) groups is 3. The third-order valence-corrected chi connectivity index (χ3v) is 3.39. The van der Waals surface area contributed by atoms with E-state index in [-0.39, 0.29) is 42.8 Å². The molecule has 1 fully saturated rings. The number of nitrogens with zero attached hydrogens (tertiary/aromatic N) is 1. The topological polar surface area (TPSA) is 87.7 Å². The van der Waals surface area contributed by atoms with E-state index in [0.29, 0.717) is 13.2 Å². The Bertz CT molecular complexity index is 398. The molecule has 0 radical (unpaired) electrons. The molecule has 0 aromatic carbocycles. The van der Waals surface area contributed by atoms with Crippen molar-refractivity contribution >= 4 is 17.8 Å². The van der Waals surface area contributed by atoms with Crippen LogP contribution in [-0.4, -0.2) is 61.5 Å². The van der Waals surface area contributed by atoms with Crippen molar-refractivity contribution in [3.63, 3.8) is 0 Å². The molecule has 1 aliphatic heterocycles. The quantitative estimate of drug-likeness (QED) is 0.641. The molecule has 7 nitrogen and oxygen atoms in total. The number of nitrogens with one attached hydrogen (secondary N) is 2. The standard InChI is InChI=1S/C15H27N3O4/c1-4-22-15(21)12-6-5-7-18(9-12)10-14(20)16-8-13(19)17-11(2)3/h11-12H,4-10H2,1-3H3,(H,16,20)(H,17,19)/t12-/m0/s1. The van der Waals surface area contributed by atoms with Crippen molar-refractivity contribution < 1.29 is 19.1 Å². The van der Waals surface area contributed by atoms with Gasteiger partial charge in [0.2, 0.25) is 11.8 Å². The van der Waals surface area contributed by atoms with Crippen LogP contribution in [0.3, 0.4) is 0 Å². The molecule has 0 aliphatic carbocycles. The molecule has 2 N–H and O–H groups in total. The first-order valence-electron chi connectivity index (χ1n) is 7.87. The lowest BCUT2D eigenvalue weighted by atomic mass is 9.98. The minimum atomic E-state index is -0.205. The van der Waals surface area contributed by atoms with E-state index in [9.17, 15) is 14.4 Å². The molecular weight excluding hydrogens is 286 g/mol. The van der Waals surface area contributed by atoms with Gasteiger partial charge in [0, 0.05) is 12.6 Å². The molecular formula is C15H27N3O4. The van der Waals surface area contributed by atoms with E-state index in [4.69, 9.17) is 4.74 Å². The van der Waals surface area contributed by atoms with Crippen LogP contribution in [0.5, 0.6) is 0 Å². The van der Waals surface area contributed by atoms with E-state index in [2.05, 4.69) is 10.6 Å². The molecule has 1 atom stereocenters. The number of ether oxygens (including phenoxy) is 1. The molecule has 126 valence electrons. The molecule has 0 aromatic rings. The van der Waals surface area contributed by atoms with Gasteiger partial charge in [0.15, 0.2) is 0 Å². The summed E-state index contributed by atoms with van der Waals surface area (Å²) in [6.07, 6.45) is 1.67. The van der Waals surface area contributed by atoms with Gasteiger partial charge in [-0.1, -0.05) is 0 Å². The van der Waals surface area contributed by atoms with Crippen LogP contribution in [0.1, 0.15) is 33.6 Å². The van der Waals surface area contributed by atoms with E-state index in [1.54, 1.807) is 6.92 Å². The Morgan fingerprint density at radius 2 is 2.00 bits per heavy atom. The van der Waals surface area contributed by atoms with Crippen LogP contribution in [0.25, 0.3) is 0 Å².